The van der Waals surface area contributed by atoms with Crippen molar-refractivity contribution in [2.45, 2.75) is 44.8 Å². The van der Waals surface area contributed by atoms with Gasteiger partial charge in [0.25, 0.3) is 0 Å². The van der Waals surface area contributed by atoms with E-state index >= 15 is 0 Å². The minimum atomic E-state index is -0.271. The summed E-state index contributed by atoms with van der Waals surface area (Å²) in [4.78, 5) is 21.8. The van der Waals surface area contributed by atoms with E-state index in [0.29, 0.717) is 28.8 Å². The molecule has 8 heteroatoms. The van der Waals surface area contributed by atoms with E-state index in [1.54, 1.807) is 25.1 Å². The number of amides is 1. The van der Waals surface area contributed by atoms with Gasteiger partial charge < -0.3 is 19.1 Å². The molecule has 0 N–H and O–H groups in total. The fourth-order valence-electron chi connectivity index (χ4n) is 3.39. The summed E-state index contributed by atoms with van der Waals surface area (Å²) in [5.41, 5.74) is 0.707. The molecular weight excluding hydrogens is 370 g/mol. The van der Waals surface area contributed by atoms with Crippen molar-refractivity contribution in [1.29, 1.82) is 0 Å². The van der Waals surface area contributed by atoms with Crippen molar-refractivity contribution in [3.8, 4) is 11.5 Å². The van der Waals surface area contributed by atoms with Gasteiger partial charge in [-0.25, -0.2) is 14.8 Å². The van der Waals surface area contributed by atoms with Gasteiger partial charge in [-0.15, -0.1) is 0 Å². The molecule has 27 heavy (non-hydrogen) atoms. The number of benzene rings is 1. The van der Waals surface area contributed by atoms with Crippen LogP contribution in [0.2, 0.25) is 5.15 Å². The molecule has 1 aliphatic carbocycles. The lowest BCUT2D eigenvalue weighted by atomic mass is 9.92. The summed E-state index contributed by atoms with van der Waals surface area (Å²) in [5.74, 6) is 1.24. The summed E-state index contributed by atoms with van der Waals surface area (Å²) < 4.78 is 16.7. The van der Waals surface area contributed by atoms with Crippen LogP contribution in [-0.2, 0) is 4.74 Å². The van der Waals surface area contributed by atoms with Crippen LogP contribution in [0, 0.1) is 0 Å². The molecule has 1 aliphatic rings. The molecule has 0 aliphatic heterocycles. The van der Waals surface area contributed by atoms with Crippen LogP contribution >= 0.6 is 11.6 Å². The number of methoxy groups -OCH3 is 1. The molecule has 1 amide bonds. The van der Waals surface area contributed by atoms with Gasteiger partial charge in [-0.2, -0.15) is 0 Å². The topological polar surface area (TPSA) is 73.8 Å². The molecule has 1 heterocycles. The zero-order valence-corrected chi connectivity index (χ0v) is 16.5. The molecule has 1 fully saturated rings. The molecule has 7 nitrogen and oxygen atoms in total. The number of hydrogen-bond donors (Lipinski definition) is 0. The smallest absolute Gasteiger partial charge is 0.409 e. The van der Waals surface area contributed by atoms with Crippen LogP contribution in [0.3, 0.4) is 0 Å². The van der Waals surface area contributed by atoms with E-state index in [1.807, 2.05) is 13.0 Å². The molecule has 0 atom stereocenters. The Labute approximate surface area is 163 Å². The van der Waals surface area contributed by atoms with Gasteiger partial charge in [-0.1, -0.05) is 11.6 Å². The van der Waals surface area contributed by atoms with Crippen LogP contribution in [0.4, 0.5) is 4.79 Å². The van der Waals surface area contributed by atoms with Crippen LogP contribution < -0.4 is 9.47 Å². The average molecular weight is 394 g/mol. The number of aromatic nitrogens is 2. The summed E-state index contributed by atoms with van der Waals surface area (Å²) in [6.45, 7) is 2.19. The summed E-state index contributed by atoms with van der Waals surface area (Å²) in [6.07, 6.45) is 4.61. The molecule has 1 aromatic heterocycles. The molecule has 1 saturated carbocycles. The second-order valence-corrected chi connectivity index (χ2v) is 6.90. The van der Waals surface area contributed by atoms with Crippen molar-refractivity contribution in [1.82, 2.24) is 14.9 Å². The van der Waals surface area contributed by atoms with Gasteiger partial charge in [-0.05, 0) is 38.7 Å². The molecule has 0 saturated heterocycles. The Morgan fingerprint density at radius 1 is 1.22 bits per heavy atom. The fraction of sp³-hybridized carbons (Fsp3) is 0.526. The number of ether oxygens (including phenoxy) is 3. The highest BCUT2D eigenvalue weighted by Crippen LogP contribution is 2.36. The minimum Gasteiger partial charge on any atom is -0.493 e. The van der Waals surface area contributed by atoms with Crippen LogP contribution in [0.25, 0.3) is 10.9 Å². The lowest BCUT2D eigenvalue weighted by Crippen LogP contribution is -2.41. The Kier molecular flexibility index (Phi) is 6.21. The standard InChI is InChI=1S/C19H24ClN3O4/c1-4-26-19(24)23(2)12-5-7-13(8-6-12)27-17-9-14-15(10-16(17)25-3)21-11-22-18(14)20/h9-13H,4-8H2,1-3H3. The SMILES string of the molecule is CCOC(=O)N(C)C1CCC(Oc2cc3c(Cl)ncnc3cc2OC)CC1. The molecule has 0 unspecified atom stereocenters. The number of carbonyl (C=O) groups is 1. The maximum atomic E-state index is 11.9. The number of fused-ring (bicyclic) bond motifs is 1. The van der Waals surface area contributed by atoms with Gasteiger partial charge in [0.1, 0.15) is 11.5 Å². The van der Waals surface area contributed by atoms with E-state index in [2.05, 4.69) is 9.97 Å². The third-order valence-corrected chi connectivity index (χ3v) is 5.21. The van der Waals surface area contributed by atoms with Crippen LogP contribution in [-0.4, -0.2) is 53.9 Å². The maximum absolute atomic E-state index is 11.9. The number of rotatable bonds is 5. The monoisotopic (exact) mass is 393 g/mol. The van der Waals surface area contributed by atoms with Crippen molar-refractivity contribution in [3.05, 3.63) is 23.6 Å². The Bertz CT molecular complexity index is 809. The lowest BCUT2D eigenvalue weighted by Gasteiger charge is -2.34. The molecule has 146 valence electrons. The number of halogens is 1. The van der Waals surface area contributed by atoms with Crippen molar-refractivity contribution >= 4 is 28.6 Å². The van der Waals surface area contributed by atoms with Crippen LogP contribution in [0.1, 0.15) is 32.6 Å². The largest absolute Gasteiger partial charge is 0.493 e. The molecule has 3 rings (SSSR count). The zero-order chi connectivity index (χ0) is 19.4. The highest BCUT2D eigenvalue weighted by Gasteiger charge is 2.28. The molecule has 0 radical (unpaired) electrons. The first kappa shape index (κ1) is 19.5. The normalized spacial score (nSPS) is 19.6. The first-order valence-corrected chi connectivity index (χ1v) is 9.45. The second kappa shape index (κ2) is 8.61. The Hall–Kier alpha value is -2.28. The van der Waals surface area contributed by atoms with Gasteiger partial charge in [0.05, 0.1) is 25.3 Å². The zero-order valence-electron chi connectivity index (χ0n) is 15.8. The highest BCUT2D eigenvalue weighted by atomic mass is 35.5. The van der Waals surface area contributed by atoms with E-state index in [1.165, 1.54) is 6.33 Å². The number of carbonyl (C=O) groups excluding carboxylic acids is 1. The Morgan fingerprint density at radius 2 is 1.96 bits per heavy atom. The van der Waals surface area contributed by atoms with Gasteiger partial charge >= 0.3 is 6.09 Å². The average Bonchev–Trinajstić information content (AvgIpc) is 2.68. The summed E-state index contributed by atoms with van der Waals surface area (Å²) in [6, 6.07) is 3.80. The van der Waals surface area contributed by atoms with E-state index in [4.69, 9.17) is 25.8 Å². The van der Waals surface area contributed by atoms with Crippen molar-refractivity contribution in [3.63, 3.8) is 0 Å². The van der Waals surface area contributed by atoms with Gasteiger partial charge in [-0.3, -0.25) is 0 Å². The molecular formula is C19H24ClN3O4. The lowest BCUT2D eigenvalue weighted by molar-refractivity contribution is 0.0718. The minimum absolute atomic E-state index is 0.0478. The second-order valence-electron chi connectivity index (χ2n) is 6.54. The van der Waals surface area contributed by atoms with E-state index in [0.717, 1.165) is 31.1 Å². The molecule has 0 spiro atoms. The van der Waals surface area contributed by atoms with E-state index in [9.17, 15) is 4.79 Å². The van der Waals surface area contributed by atoms with Crippen molar-refractivity contribution in [2.75, 3.05) is 20.8 Å². The maximum Gasteiger partial charge on any atom is 0.409 e. The Morgan fingerprint density at radius 3 is 2.63 bits per heavy atom. The quantitative estimate of drug-likeness (QED) is 0.713. The molecule has 0 bridgehead atoms. The van der Waals surface area contributed by atoms with E-state index < -0.39 is 0 Å². The fourth-order valence-corrected chi connectivity index (χ4v) is 3.58. The number of nitrogens with zero attached hydrogens (tertiary/aromatic N) is 3. The summed E-state index contributed by atoms with van der Waals surface area (Å²) in [5, 5.41) is 1.11. The van der Waals surface area contributed by atoms with Gasteiger partial charge in [0, 0.05) is 24.5 Å². The summed E-state index contributed by atoms with van der Waals surface area (Å²) >= 11 is 6.18. The van der Waals surface area contributed by atoms with Gasteiger partial charge in [0.15, 0.2) is 11.5 Å². The first-order valence-electron chi connectivity index (χ1n) is 9.08. The Balaban J connectivity index is 1.68. The van der Waals surface area contributed by atoms with Crippen LogP contribution in [0.5, 0.6) is 11.5 Å². The highest BCUT2D eigenvalue weighted by molar-refractivity contribution is 6.34. The summed E-state index contributed by atoms with van der Waals surface area (Å²) in [7, 11) is 3.39. The number of hydrogen-bond acceptors (Lipinski definition) is 6. The third-order valence-electron chi connectivity index (χ3n) is 4.91. The van der Waals surface area contributed by atoms with Crippen molar-refractivity contribution < 1.29 is 19.0 Å². The predicted molar refractivity (Wildman–Crippen MR) is 103 cm³/mol. The first-order chi connectivity index (χ1) is 13.0. The third kappa shape index (κ3) is 4.35. The predicted octanol–water partition coefficient (Wildman–Crippen LogP) is 4.07. The van der Waals surface area contributed by atoms with Gasteiger partial charge in [0.2, 0.25) is 0 Å². The van der Waals surface area contributed by atoms with E-state index in [-0.39, 0.29) is 18.2 Å². The molecule has 1 aromatic carbocycles. The van der Waals surface area contributed by atoms with Crippen LogP contribution in [0.15, 0.2) is 18.5 Å². The van der Waals surface area contributed by atoms with Crippen molar-refractivity contribution in [2.24, 2.45) is 0 Å². The molecule has 2 aromatic rings.